The molecule has 0 bridgehead atoms. The number of hydrogen-bond acceptors (Lipinski definition) is 0. The summed E-state index contributed by atoms with van der Waals surface area (Å²) in [7, 11) is 0. The van der Waals surface area contributed by atoms with Gasteiger partial charge in [-0.05, 0) is 36.3 Å². The van der Waals surface area contributed by atoms with Gasteiger partial charge in [0.05, 0.1) is 5.38 Å². The molecular weight excluding hydrogens is 252 g/mol. The van der Waals surface area contributed by atoms with Gasteiger partial charge in [-0.1, -0.05) is 70.7 Å². The van der Waals surface area contributed by atoms with E-state index in [1.54, 1.807) is 0 Å². The Balaban J connectivity index is 2.62. The number of halogens is 1. The predicted molar refractivity (Wildman–Crippen MR) is 87.0 cm³/mol. The first-order valence-corrected chi connectivity index (χ1v) is 8.39. The van der Waals surface area contributed by atoms with Gasteiger partial charge in [0.1, 0.15) is 0 Å². The number of alkyl halides is 1. The lowest BCUT2D eigenvalue weighted by molar-refractivity contribution is 0.437. The SMILES string of the molecule is CCCCc1ccc(C(Cl)C(CC)CCCC)cc1. The molecule has 0 N–H and O–H groups in total. The van der Waals surface area contributed by atoms with E-state index in [2.05, 4.69) is 45.0 Å². The van der Waals surface area contributed by atoms with Crippen LogP contribution in [0.5, 0.6) is 0 Å². The Bertz CT molecular complexity index is 328. The molecule has 108 valence electrons. The number of unbranched alkanes of at least 4 members (excludes halogenated alkanes) is 2. The maximum absolute atomic E-state index is 6.66. The summed E-state index contributed by atoms with van der Waals surface area (Å²) in [6.07, 6.45) is 8.69. The molecule has 1 aromatic carbocycles. The van der Waals surface area contributed by atoms with Gasteiger partial charge in [0.15, 0.2) is 0 Å². The van der Waals surface area contributed by atoms with Gasteiger partial charge in [-0.15, -0.1) is 11.6 Å². The van der Waals surface area contributed by atoms with Crippen LogP contribution in [0.2, 0.25) is 0 Å². The Hall–Kier alpha value is -0.490. The molecule has 2 unspecified atom stereocenters. The number of hydrogen-bond donors (Lipinski definition) is 0. The summed E-state index contributed by atoms with van der Waals surface area (Å²) < 4.78 is 0. The summed E-state index contributed by atoms with van der Waals surface area (Å²) in [6, 6.07) is 8.98. The monoisotopic (exact) mass is 280 g/mol. The molecule has 19 heavy (non-hydrogen) atoms. The van der Waals surface area contributed by atoms with E-state index < -0.39 is 0 Å². The van der Waals surface area contributed by atoms with E-state index in [-0.39, 0.29) is 5.38 Å². The highest BCUT2D eigenvalue weighted by Gasteiger charge is 2.18. The maximum Gasteiger partial charge on any atom is 0.0613 e. The summed E-state index contributed by atoms with van der Waals surface area (Å²) >= 11 is 6.66. The highest BCUT2D eigenvalue weighted by atomic mass is 35.5. The zero-order valence-electron chi connectivity index (χ0n) is 12.8. The number of aryl methyl sites for hydroxylation is 1. The molecule has 2 atom stereocenters. The molecule has 0 radical (unpaired) electrons. The van der Waals surface area contributed by atoms with Crippen molar-refractivity contribution in [3.05, 3.63) is 35.4 Å². The molecule has 0 fully saturated rings. The second kappa shape index (κ2) is 9.42. The van der Waals surface area contributed by atoms with Crippen LogP contribution in [-0.2, 0) is 6.42 Å². The fourth-order valence-corrected chi connectivity index (χ4v) is 2.99. The van der Waals surface area contributed by atoms with E-state index in [0.717, 1.165) is 0 Å². The van der Waals surface area contributed by atoms with Crippen LogP contribution in [0.1, 0.15) is 75.8 Å². The van der Waals surface area contributed by atoms with Crippen molar-refractivity contribution in [3.63, 3.8) is 0 Å². The molecule has 0 saturated heterocycles. The number of rotatable bonds is 9. The smallest absolute Gasteiger partial charge is 0.0613 e. The third-order valence-corrected chi connectivity index (χ3v) is 4.59. The van der Waals surface area contributed by atoms with Crippen LogP contribution in [-0.4, -0.2) is 0 Å². The summed E-state index contributed by atoms with van der Waals surface area (Å²) in [4.78, 5) is 0. The molecule has 0 aliphatic rings. The van der Waals surface area contributed by atoms with Crippen LogP contribution < -0.4 is 0 Å². The minimum Gasteiger partial charge on any atom is -0.118 e. The Morgan fingerprint density at radius 1 is 0.947 bits per heavy atom. The van der Waals surface area contributed by atoms with Gasteiger partial charge in [-0.2, -0.15) is 0 Å². The van der Waals surface area contributed by atoms with Gasteiger partial charge in [0, 0.05) is 0 Å². The summed E-state index contributed by atoms with van der Waals surface area (Å²) in [5.74, 6) is 0.614. The fourth-order valence-electron chi connectivity index (χ4n) is 2.54. The Labute approximate surface area is 124 Å². The Morgan fingerprint density at radius 2 is 1.58 bits per heavy atom. The Morgan fingerprint density at radius 3 is 2.11 bits per heavy atom. The van der Waals surface area contributed by atoms with Crippen molar-refractivity contribution in [2.24, 2.45) is 5.92 Å². The van der Waals surface area contributed by atoms with Crippen molar-refractivity contribution in [2.45, 2.75) is 71.1 Å². The van der Waals surface area contributed by atoms with Gasteiger partial charge < -0.3 is 0 Å². The molecule has 0 aliphatic carbocycles. The largest absolute Gasteiger partial charge is 0.118 e. The quantitative estimate of drug-likeness (QED) is 0.451. The van der Waals surface area contributed by atoms with E-state index in [9.17, 15) is 0 Å². The van der Waals surface area contributed by atoms with Crippen molar-refractivity contribution in [3.8, 4) is 0 Å². The highest BCUT2D eigenvalue weighted by molar-refractivity contribution is 6.21. The molecular formula is C18H29Cl. The van der Waals surface area contributed by atoms with Crippen molar-refractivity contribution >= 4 is 11.6 Å². The maximum atomic E-state index is 6.66. The first kappa shape index (κ1) is 16.6. The molecule has 0 saturated carbocycles. The van der Waals surface area contributed by atoms with Crippen molar-refractivity contribution in [1.82, 2.24) is 0 Å². The lowest BCUT2D eigenvalue weighted by Gasteiger charge is -2.21. The summed E-state index contributed by atoms with van der Waals surface area (Å²) in [5.41, 5.74) is 2.74. The normalized spacial score (nSPS) is 14.3. The average molecular weight is 281 g/mol. The van der Waals surface area contributed by atoms with Crippen LogP contribution >= 0.6 is 11.6 Å². The minimum absolute atomic E-state index is 0.178. The minimum atomic E-state index is 0.178. The molecule has 0 aliphatic heterocycles. The standard InChI is InChI=1S/C18H29Cl/c1-4-7-9-15-11-13-17(14-12-15)18(19)16(6-3)10-8-5-2/h11-14,16,18H,4-10H2,1-3H3. The van der Waals surface area contributed by atoms with Crippen LogP contribution in [0.3, 0.4) is 0 Å². The highest BCUT2D eigenvalue weighted by Crippen LogP contribution is 2.34. The molecule has 0 amide bonds. The first-order valence-electron chi connectivity index (χ1n) is 7.95. The third-order valence-electron chi connectivity index (χ3n) is 3.98. The van der Waals surface area contributed by atoms with Crippen molar-refractivity contribution in [1.29, 1.82) is 0 Å². The van der Waals surface area contributed by atoms with E-state index in [1.807, 2.05) is 0 Å². The zero-order chi connectivity index (χ0) is 14.1. The molecule has 1 heteroatoms. The lowest BCUT2D eigenvalue weighted by atomic mass is 9.91. The number of benzene rings is 1. The van der Waals surface area contributed by atoms with Crippen LogP contribution in [0.25, 0.3) is 0 Å². The van der Waals surface area contributed by atoms with Gasteiger partial charge >= 0.3 is 0 Å². The topological polar surface area (TPSA) is 0 Å². The van der Waals surface area contributed by atoms with Gasteiger partial charge in [-0.3, -0.25) is 0 Å². The van der Waals surface area contributed by atoms with E-state index in [0.29, 0.717) is 5.92 Å². The summed E-state index contributed by atoms with van der Waals surface area (Å²) in [6.45, 7) is 6.74. The van der Waals surface area contributed by atoms with Crippen LogP contribution in [0, 0.1) is 5.92 Å². The molecule has 0 aromatic heterocycles. The van der Waals surface area contributed by atoms with Gasteiger partial charge in [-0.25, -0.2) is 0 Å². The molecule has 1 aromatic rings. The van der Waals surface area contributed by atoms with E-state index in [1.165, 1.54) is 56.1 Å². The average Bonchev–Trinajstić information content (AvgIpc) is 2.46. The first-order chi connectivity index (χ1) is 9.22. The zero-order valence-corrected chi connectivity index (χ0v) is 13.5. The van der Waals surface area contributed by atoms with Crippen LogP contribution in [0.15, 0.2) is 24.3 Å². The second-order valence-electron chi connectivity index (χ2n) is 5.56. The van der Waals surface area contributed by atoms with Gasteiger partial charge in [0.2, 0.25) is 0 Å². The van der Waals surface area contributed by atoms with E-state index in [4.69, 9.17) is 11.6 Å². The molecule has 0 heterocycles. The molecule has 0 nitrogen and oxygen atoms in total. The predicted octanol–water partition coefficient (Wildman–Crippen LogP) is 6.53. The fraction of sp³-hybridized carbons (Fsp3) is 0.667. The molecule has 1 rings (SSSR count). The summed E-state index contributed by atoms with van der Waals surface area (Å²) in [5, 5.41) is 0.178. The Kier molecular flexibility index (Phi) is 8.21. The van der Waals surface area contributed by atoms with Crippen LogP contribution in [0.4, 0.5) is 0 Å². The second-order valence-corrected chi connectivity index (χ2v) is 6.03. The third kappa shape index (κ3) is 5.57. The molecule has 0 spiro atoms. The van der Waals surface area contributed by atoms with Crippen molar-refractivity contribution < 1.29 is 0 Å². The van der Waals surface area contributed by atoms with E-state index >= 15 is 0 Å². The van der Waals surface area contributed by atoms with Crippen molar-refractivity contribution in [2.75, 3.05) is 0 Å². The lowest BCUT2D eigenvalue weighted by Crippen LogP contribution is -2.07. The van der Waals surface area contributed by atoms with Gasteiger partial charge in [0.25, 0.3) is 0 Å².